The van der Waals surface area contributed by atoms with Crippen molar-refractivity contribution in [2.75, 3.05) is 5.32 Å². The monoisotopic (exact) mass is 378 g/mol. The van der Waals surface area contributed by atoms with Gasteiger partial charge < -0.3 is 5.32 Å². The van der Waals surface area contributed by atoms with Crippen LogP contribution >= 0.6 is 0 Å². The van der Waals surface area contributed by atoms with Gasteiger partial charge in [-0.25, -0.2) is 0 Å². The van der Waals surface area contributed by atoms with Crippen LogP contribution in [0.1, 0.15) is 36.8 Å². The van der Waals surface area contributed by atoms with Crippen LogP contribution in [-0.4, -0.2) is 10.8 Å². The van der Waals surface area contributed by atoms with Gasteiger partial charge in [0.1, 0.15) is 5.56 Å². The fourth-order valence-corrected chi connectivity index (χ4v) is 3.63. The number of nitro groups is 1. The second-order valence-electron chi connectivity index (χ2n) is 6.60. The second kappa shape index (κ2) is 7.02. The fourth-order valence-electron chi connectivity index (χ4n) is 3.63. The molecule has 1 N–H and O–H groups in total. The molecule has 8 heteroatoms. The maximum atomic E-state index is 13.2. The summed E-state index contributed by atoms with van der Waals surface area (Å²) in [6.07, 6.45) is -2.01. The van der Waals surface area contributed by atoms with E-state index in [0.717, 1.165) is 30.5 Å². The Morgan fingerprint density at radius 1 is 1.07 bits per heavy atom. The number of halogens is 3. The Morgan fingerprint density at radius 3 is 2.26 bits per heavy atom. The molecule has 2 aromatic carbocycles. The van der Waals surface area contributed by atoms with E-state index in [4.69, 9.17) is 0 Å². The van der Waals surface area contributed by atoms with E-state index in [9.17, 15) is 28.1 Å². The summed E-state index contributed by atoms with van der Waals surface area (Å²) in [5.74, 6) is -0.395. The lowest BCUT2D eigenvalue weighted by molar-refractivity contribution is -0.388. The number of alkyl halides is 3. The summed E-state index contributed by atoms with van der Waals surface area (Å²) in [6, 6.07) is 11.6. The summed E-state index contributed by atoms with van der Waals surface area (Å²) in [5.41, 5.74) is -2.52. The van der Waals surface area contributed by atoms with Crippen LogP contribution in [0, 0.1) is 10.1 Å². The first-order valence-corrected chi connectivity index (χ1v) is 8.47. The summed E-state index contributed by atoms with van der Waals surface area (Å²) in [6.45, 7) is 0. The van der Waals surface area contributed by atoms with Crippen LogP contribution < -0.4 is 5.32 Å². The van der Waals surface area contributed by atoms with E-state index in [-0.39, 0.29) is 5.69 Å². The number of carbonyl (C=O) groups excluding carboxylic acids is 1. The molecule has 0 spiro atoms. The predicted molar refractivity (Wildman–Crippen MR) is 93.3 cm³/mol. The van der Waals surface area contributed by atoms with Crippen LogP contribution in [0.2, 0.25) is 0 Å². The number of nitrogens with one attached hydrogen (secondary N) is 1. The van der Waals surface area contributed by atoms with Crippen molar-refractivity contribution in [2.24, 2.45) is 0 Å². The summed E-state index contributed by atoms with van der Waals surface area (Å²) in [4.78, 5) is 22.8. The Labute approximate surface area is 153 Å². The molecule has 142 valence electrons. The van der Waals surface area contributed by atoms with Crippen molar-refractivity contribution in [2.45, 2.75) is 37.3 Å². The lowest BCUT2D eigenvalue weighted by Crippen LogP contribution is -2.38. The third-order valence-electron chi connectivity index (χ3n) is 4.97. The molecule has 1 aliphatic carbocycles. The minimum Gasteiger partial charge on any atom is -0.325 e. The molecule has 0 unspecified atom stereocenters. The van der Waals surface area contributed by atoms with Gasteiger partial charge in [0, 0.05) is 11.8 Å². The Hall–Kier alpha value is -2.90. The molecule has 0 radical (unpaired) electrons. The summed E-state index contributed by atoms with van der Waals surface area (Å²) in [5, 5.41) is 13.4. The molecule has 1 aliphatic rings. The average Bonchev–Trinajstić information content (AvgIpc) is 3.12. The van der Waals surface area contributed by atoms with E-state index >= 15 is 0 Å². The molecule has 2 aromatic rings. The average molecular weight is 378 g/mol. The highest BCUT2D eigenvalue weighted by Crippen LogP contribution is 2.43. The Morgan fingerprint density at radius 2 is 1.70 bits per heavy atom. The molecule has 3 rings (SSSR count). The predicted octanol–water partition coefficient (Wildman–Crippen LogP) is 5.06. The zero-order chi connectivity index (χ0) is 19.7. The molecule has 0 heterocycles. The molecule has 1 fully saturated rings. The van der Waals surface area contributed by atoms with Crippen LogP contribution in [0.15, 0.2) is 48.5 Å². The molecule has 0 saturated heterocycles. The van der Waals surface area contributed by atoms with Crippen molar-refractivity contribution in [3.8, 4) is 0 Å². The van der Waals surface area contributed by atoms with E-state index in [2.05, 4.69) is 5.32 Å². The number of hydrogen-bond donors (Lipinski definition) is 1. The first kappa shape index (κ1) is 18.9. The van der Waals surface area contributed by atoms with Crippen molar-refractivity contribution >= 4 is 17.3 Å². The van der Waals surface area contributed by atoms with Crippen molar-refractivity contribution in [1.82, 2.24) is 0 Å². The van der Waals surface area contributed by atoms with Gasteiger partial charge in [-0.15, -0.1) is 0 Å². The van der Waals surface area contributed by atoms with Crippen molar-refractivity contribution < 1.29 is 22.9 Å². The zero-order valence-corrected chi connectivity index (χ0v) is 14.3. The van der Waals surface area contributed by atoms with Crippen LogP contribution in [0.4, 0.5) is 24.5 Å². The highest BCUT2D eigenvalue weighted by Gasteiger charge is 2.43. The second-order valence-corrected chi connectivity index (χ2v) is 6.60. The van der Waals surface area contributed by atoms with Crippen LogP contribution in [-0.2, 0) is 16.4 Å². The number of nitrogens with zero attached hydrogens (tertiary/aromatic N) is 1. The third kappa shape index (κ3) is 3.65. The number of benzene rings is 2. The summed E-state index contributed by atoms with van der Waals surface area (Å²) < 4.78 is 39.5. The smallest absolute Gasteiger partial charge is 0.325 e. The van der Waals surface area contributed by atoms with Crippen molar-refractivity contribution in [3.05, 3.63) is 69.8 Å². The molecule has 0 atom stereocenters. The van der Waals surface area contributed by atoms with Crippen LogP contribution in [0.25, 0.3) is 0 Å². The van der Waals surface area contributed by atoms with Crippen molar-refractivity contribution in [3.63, 3.8) is 0 Å². The highest BCUT2D eigenvalue weighted by molar-refractivity contribution is 5.99. The number of amides is 1. The zero-order valence-electron chi connectivity index (χ0n) is 14.3. The largest absolute Gasteiger partial charge is 0.423 e. The fraction of sp³-hybridized carbons (Fsp3) is 0.316. The van der Waals surface area contributed by atoms with Crippen molar-refractivity contribution in [1.29, 1.82) is 0 Å². The molecule has 1 amide bonds. The van der Waals surface area contributed by atoms with Gasteiger partial charge in [-0.1, -0.05) is 43.2 Å². The molecule has 0 aromatic heterocycles. The molecular weight excluding hydrogens is 361 g/mol. The van der Waals surface area contributed by atoms with Crippen LogP contribution in [0.3, 0.4) is 0 Å². The lowest BCUT2D eigenvalue weighted by Gasteiger charge is -2.28. The van der Waals surface area contributed by atoms with Gasteiger partial charge in [0.25, 0.3) is 5.69 Å². The minimum absolute atomic E-state index is 0.111. The van der Waals surface area contributed by atoms with Crippen LogP contribution in [0.5, 0.6) is 0 Å². The number of hydrogen-bond acceptors (Lipinski definition) is 3. The van der Waals surface area contributed by atoms with Gasteiger partial charge in [0.05, 0.1) is 10.3 Å². The quantitative estimate of drug-likeness (QED) is 0.597. The maximum Gasteiger partial charge on any atom is 0.423 e. The van der Waals surface area contributed by atoms with E-state index in [1.165, 1.54) is 0 Å². The number of anilines is 1. The molecular formula is C19H17F3N2O3. The lowest BCUT2D eigenvalue weighted by atomic mass is 9.78. The highest BCUT2D eigenvalue weighted by atomic mass is 19.4. The molecule has 0 bridgehead atoms. The number of rotatable bonds is 4. The summed E-state index contributed by atoms with van der Waals surface area (Å²) >= 11 is 0. The SMILES string of the molecule is O=C(Nc1ccc([N+](=O)[O-])c(C(F)(F)F)c1)C1(c2ccccc2)CCCC1. The van der Waals surface area contributed by atoms with E-state index in [0.29, 0.717) is 18.9 Å². The standard InChI is InChI=1S/C19H17F3N2O3/c20-19(21,22)15-12-14(8-9-16(15)24(26)27)23-17(25)18(10-4-5-11-18)13-6-2-1-3-7-13/h1-3,6-9,12H,4-5,10-11H2,(H,23,25). The molecule has 27 heavy (non-hydrogen) atoms. The topological polar surface area (TPSA) is 72.2 Å². The van der Waals surface area contributed by atoms with Gasteiger partial charge in [-0.05, 0) is 30.5 Å². The van der Waals surface area contributed by atoms with Gasteiger partial charge >= 0.3 is 6.18 Å². The molecule has 5 nitrogen and oxygen atoms in total. The number of carbonyl (C=O) groups is 1. The van der Waals surface area contributed by atoms with E-state index in [1.807, 2.05) is 30.3 Å². The van der Waals surface area contributed by atoms with Gasteiger partial charge in [0.15, 0.2) is 0 Å². The minimum atomic E-state index is -4.90. The van der Waals surface area contributed by atoms with E-state index < -0.39 is 33.7 Å². The van der Waals surface area contributed by atoms with Gasteiger partial charge in [-0.3, -0.25) is 14.9 Å². The summed E-state index contributed by atoms with van der Waals surface area (Å²) in [7, 11) is 0. The molecule has 0 aliphatic heterocycles. The Balaban J connectivity index is 1.94. The number of nitro benzene ring substituents is 1. The van der Waals surface area contributed by atoms with E-state index in [1.54, 1.807) is 0 Å². The Bertz CT molecular complexity index is 860. The Kier molecular flexibility index (Phi) is 4.91. The maximum absolute atomic E-state index is 13.2. The normalized spacial score (nSPS) is 16.1. The first-order valence-electron chi connectivity index (χ1n) is 8.47. The van der Waals surface area contributed by atoms with Gasteiger partial charge in [-0.2, -0.15) is 13.2 Å². The first-order chi connectivity index (χ1) is 12.7. The third-order valence-corrected chi connectivity index (χ3v) is 4.97. The van der Waals surface area contributed by atoms with Gasteiger partial charge in [0.2, 0.25) is 5.91 Å². The molecule has 1 saturated carbocycles.